The van der Waals surface area contributed by atoms with E-state index >= 15 is 0 Å². The second kappa shape index (κ2) is 7.63. The lowest BCUT2D eigenvalue weighted by Gasteiger charge is -2.21. The van der Waals surface area contributed by atoms with Crippen molar-refractivity contribution < 1.29 is 14.3 Å². The summed E-state index contributed by atoms with van der Waals surface area (Å²) in [7, 11) is 3.40. The van der Waals surface area contributed by atoms with Gasteiger partial charge in [0.2, 0.25) is 5.91 Å². The third kappa shape index (κ3) is 5.48. The molecule has 5 heteroatoms. The Bertz CT molecular complexity index is 230. The zero-order chi connectivity index (χ0) is 12.7. The Morgan fingerprint density at radius 1 is 1.65 bits per heavy atom. The molecule has 0 radical (unpaired) electrons. The highest BCUT2D eigenvalue weighted by molar-refractivity contribution is 5.75. The van der Waals surface area contributed by atoms with Crippen LogP contribution in [0.5, 0.6) is 0 Å². The van der Waals surface area contributed by atoms with E-state index in [-0.39, 0.29) is 18.1 Å². The third-order valence-corrected chi connectivity index (χ3v) is 3.02. The first-order chi connectivity index (χ1) is 8.13. The molecule has 1 heterocycles. The molecule has 100 valence electrons. The van der Waals surface area contributed by atoms with Crippen molar-refractivity contribution in [2.24, 2.45) is 5.73 Å². The van der Waals surface area contributed by atoms with Crippen LogP contribution in [0.1, 0.15) is 25.7 Å². The third-order valence-electron chi connectivity index (χ3n) is 3.02. The highest BCUT2D eigenvalue weighted by Gasteiger charge is 2.18. The van der Waals surface area contributed by atoms with Crippen LogP contribution in [0.4, 0.5) is 0 Å². The fourth-order valence-corrected chi connectivity index (χ4v) is 2.07. The largest absolute Gasteiger partial charge is 0.383 e. The van der Waals surface area contributed by atoms with Crippen molar-refractivity contribution in [2.75, 3.05) is 33.9 Å². The predicted octanol–water partition coefficient (Wildman–Crippen LogP) is 0.378. The van der Waals surface area contributed by atoms with Crippen molar-refractivity contribution in [2.45, 2.75) is 37.8 Å². The highest BCUT2D eigenvalue weighted by atomic mass is 16.5. The van der Waals surface area contributed by atoms with Crippen molar-refractivity contribution in [1.82, 2.24) is 4.90 Å². The number of nitrogens with two attached hydrogens (primary N) is 1. The lowest BCUT2D eigenvalue weighted by atomic mass is 10.1. The van der Waals surface area contributed by atoms with Crippen molar-refractivity contribution in [3.63, 3.8) is 0 Å². The van der Waals surface area contributed by atoms with Gasteiger partial charge in [0.05, 0.1) is 12.7 Å². The molecule has 0 saturated carbocycles. The summed E-state index contributed by atoms with van der Waals surface area (Å²) in [5.41, 5.74) is 5.80. The van der Waals surface area contributed by atoms with E-state index in [2.05, 4.69) is 0 Å². The quantitative estimate of drug-likeness (QED) is 0.703. The summed E-state index contributed by atoms with van der Waals surface area (Å²) < 4.78 is 10.4. The van der Waals surface area contributed by atoms with Crippen molar-refractivity contribution in [3.05, 3.63) is 0 Å². The molecule has 1 aliphatic rings. The predicted molar refractivity (Wildman–Crippen MR) is 65.7 cm³/mol. The van der Waals surface area contributed by atoms with Gasteiger partial charge in [0.25, 0.3) is 0 Å². The van der Waals surface area contributed by atoms with Crippen LogP contribution in [0.2, 0.25) is 0 Å². The first kappa shape index (κ1) is 14.4. The van der Waals surface area contributed by atoms with Crippen LogP contribution in [0.3, 0.4) is 0 Å². The number of ether oxygens (including phenoxy) is 2. The number of likely N-dealkylation sites (N-methyl/N-ethyl adjacent to an activating group) is 1. The summed E-state index contributed by atoms with van der Waals surface area (Å²) in [4.78, 5) is 13.5. The Kier molecular flexibility index (Phi) is 6.47. The number of rotatable bonds is 7. The Labute approximate surface area is 103 Å². The van der Waals surface area contributed by atoms with E-state index in [4.69, 9.17) is 15.2 Å². The van der Waals surface area contributed by atoms with E-state index in [1.165, 1.54) is 0 Å². The lowest BCUT2D eigenvalue weighted by molar-refractivity contribution is -0.130. The van der Waals surface area contributed by atoms with Crippen molar-refractivity contribution in [1.29, 1.82) is 0 Å². The topological polar surface area (TPSA) is 64.8 Å². The number of nitrogens with zero attached hydrogens (tertiary/aromatic N) is 1. The number of hydrogen-bond donors (Lipinski definition) is 1. The fraction of sp³-hybridized carbons (Fsp3) is 0.917. The molecule has 0 aliphatic carbocycles. The summed E-state index contributed by atoms with van der Waals surface area (Å²) in [6.07, 6.45) is 3.84. The van der Waals surface area contributed by atoms with Gasteiger partial charge >= 0.3 is 0 Å². The molecule has 1 saturated heterocycles. The molecule has 1 rings (SSSR count). The van der Waals surface area contributed by atoms with Crippen LogP contribution >= 0.6 is 0 Å². The van der Waals surface area contributed by atoms with E-state index in [0.29, 0.717) is 19.6 Å². The van der Waals surface area contributed by atoms with Crippen LogP contribution in [0.15, 0.2) is 0 Å². The lowest BCUT2D eigenvalue weighted by Crippen LogP contribution is -2.41. The van der Waals surface area contributed by atoms with Gasteiger partial charge in [-0.05, 0) is 19.3 Å². The number of hydrogen-bond acceptors (Lipinski definition) is 4. The second-order valence-electron chi connectivity index (χ2n) is 4.66. The van der Waals surface area contributed by atoms with Gasteiger partial charge in [-0.3, -0.25) is 4.79 Å². The molecule has 2 atom stereocenters. The monoisotopic (exact) mass is 244 g/mol. The van der Waals surface area contributed by atoms with Crippen LogP contribution in [0, 0.1) is 0 Å². The average molecular weight is 244 g/mol. The summed E-state index contributed by atoms with van der Waals surface area (Å²) in [6, 6.07) is -0.114. The maximum Gasteiger partial charge on any atom is 0.222 e. The summed E-state index contributed by atoms with van der Waals surface area (Å²) >= 11 is 0. The number of carbonyl (C=O) groups is 1. The van der Waals surface area contributed by atoms with Gasteiger partial charge in [0.1, 0.15) is 0 Å². The van der Waals surface area contributed by atoms with E-state index in [1.54, 1.807) is 19.1 Å². The van der Waals surface area contributed by atoms with Gasteiger partial charge in [0, 0.05) is 39.8 Å². The summed E-state index contributed by atoms with van der Waals surface area (Å²) in [5.74, 6) is 0.132. The van der Waals surface area contributed by atoms with Gasteiger partial charge in [0.15, 0.2) is 0 Å². The molecule has 0 bridgehead atoms. The molecule has 17 heavy (non-hydrogen) atoms. The average Bonchev–Trinajstić information content (AvgIpc) is 2.78. The Hall–Kier alpha value is -0.650. The maximum atomic E-state index is 11.8. The molecule has 0 aromatic heterocycles. The number of amides is 1. The minimum Gasteiger partial charge on any atom is -0.383 e. The van der Waals surface area contributed by atoms with Crippen LogP contribution in [0.25, 0.3) is 0 Å². The van der Waals surface area contributed by atoms with E-state index in [0.717, 1.165) is 25.9 Å². The van der Waals surface area contributed by atoms with E-state index in [1.807, 2.05) is 0 Å². The summed E-state index contributed by atoms with van der Waals surface area (Å²) in [5, 5.41) is 0. The standard InChI is InChI=1S/C12H24N2O3/c1-14(8-10(13)9-16-2)12(15)6-5-11-4-3-7-17-11/h10-11H,3-9,13H2,1-2H3. The van der Waals surface area contributed by atoms with Gasteiger partial charge in [-0.1, -0.05) is 0 Å². The molecule has 0 spiro atoms. The minimum atomic E-state index is -0.114. The molecule has 2 unspecified atom stereocenters. The zero-order valence-electron chi connectivity index (χ0n) is 10.9. The van der Waals surface area contributed by atoms with Gasteiger partial charge < -0.3 is 20.1 Å². The van der Waals surface area contributed by atoms with Gasteiger partial charge in [-0.15, -0.1) is 0 Å². The molecule has 5 nitrogen and oxygen atoms in total. The Balaban J connectivity index is 2.16. The minimum absolute atomic E-state index is 0.114. The first-order valence-corrected chi connectivity index (χ1v) is 6.23. The van der Waals surface area contributed by atoms with Crippen LogP contribution < -0.4 is 5.73 Å². The first-order valence-electron chi connectivity index (χ1n) is 6.23. The van der Waals surface area contributed by atoms with E-state index < -0.39 is 0 Å². The van der Waals surface area contributed by atoms with Crippen molar-refractivity contribution in [3.8, 4) is 0 Å². The van der Waals surface area contributed by atoms with Crippen molar-refractivity contribution >= 4 is 5.91 Å². The molecular weight excluding hydrogens is 220 g/mol. The fourth-order valence-electron chi connectivity index (χ4n) is 2.07. The molecule has 0 aromatic rings. The van der Waals surface area contributed by atoms with Crippen LogP contribution in [-0.2, 0) is 14.3 Å². The normalized spacial score (nSPS) is 21.5. The molecule has 2 N–H and O–H groups in total. The SMILES string of the molecule is COCC(N)CN(C)C(=O)CCC1CCCO1. The van der Waals surface area contributed by atoms with Gasteiger partial charge in [-0.2, -0.15) is 0 Å². The smallest absolute Gasteiger partial charge is 0.222 e. The molecule has 1 fully saturated rings. The van der Waals surface area contributed by atoms with Crippen LogP contribution in [-0.4, -0.2) is 56.9 Å². The Morgan fingerprint density at radius 3 is 3.00 bits per heavy atom. The summed E-state index contributed by atoms with van der Waals surface area (Å²) in [6.45, 7) is 1.86. The molecule has 1 amide bonds. The number of methoxy groups -OCH3 is 1. The zero-order valence-corrected chi connectivity index (χ0v) is 10.9. The Morgan fingerprint density at radius 2 is 2.41 bits per heavy atom. The molecule has 1 aliphatic heterocycles. The highest BCUT2D eigenvalue weighted by Crippen LogP contribution is 2.17. The molecular formula is C12H24N2O3. The molecule has 0 aromatic carbocycles. The van der Waals surface area contributed by atoms with Gasteiger partial charge in [-0.25, -0.2) is 0 Å². The second-order valence-corrected chi connectivity index (χ2v) is 4.66. The maximum absolute atomic E-state index is 11.8. The number of carbonyl (C=O) groups excluding carboxylic acids is 1. The van der Waals surface area contributed by atoms with E-state index in [9.17, 15) is 4.79 Å².